The number of imide groups is 1. The Morgan fingerprint density at radius 1 is 1.44 bits per heavy atom. The van der Waals surface area contributed by atoms with Gasteiger partial charge >= 0.3 is 12.0 Å². The summed E-state index contributed by atoms with van der Waals surface area (Å²) in [5.74, 6) is -1.81. The molecule has 0 fully saturated rings. The second kappa shape index (κ2) is 6.75. The van der Waals surface area contributed by atoms with Crippen molar-refractivity contribution in [3.8, 4) is 0 Å². The number of hydrogen-bond donors (Lipinski definition) is 2. The SMILES string of the molecule is CC1=CCCN(C(=O)NC(=O)COCC(=O)O)C1. The van der Waals surface area contributed by atoms with Gasteiger partial charge in [0.25, 0.3) is 5.91 Å². The average molecular weight is 256 g/mol. The number of amides is 3. The van der Waals surface area contributed by atoms with Gasteiger partial charge in [-0.1, -0.05) is 11.6 Å². The van der Waals surface area contributed by atoms with Crippen LogP contribution in [0.25, 0.3) is 0 Å². The second-order valence-electron chi connectivity index (χ2n) is 4.00. The van der Waals surface area contributed by atoms with Gasteiger partial charge in [-0.15, -0.1) is 0 Å². The Hall–Kier alpha value is -1.89. The summed E-state index contributed by atoms with van der Waals surface area (Å²) in [5, 5.41) is 10.4. The monoisotopic (exact) mass is 256 g/mol. The van der Waals surface area contributed by atoms with Gasteiger partial charge in [-0.3, -0.25) is 10.1 Å². The number of nitrogens with zero attached hydrogens (tertiary/aromatic N) is 1. The average Bonchev–Trinajstić information content (AvgIpc) is 2.28. The molecule has 0 unspecified atom stereocenters. The number of hydrogen-bond acceptors (Lipinski definition) is 4. The fourth-order valence-corrected chi connectivity index (χ4v) is 1.55. The number of carboxylic acid groups (broad SMARTS) is 1. The van der Waals surface area contributed by atoms with E-state index in [0.29, 0.717) is 13.1 Å². The molecule has 0 radical (unpaired) electrons. The lowest BCUT2D eigenvalue weighted by molar-refractivity contribution is -0.143. The third kappa shape index (κ3) is 4.96. The van der Waals surface area contributed by atoms with Crippen molar-refractivity contribution >= 4 is 17.9 Å². The minimum absolute atomic E-state index is 0.444. The van der Waals surface area contributed by atoms with Crippen LogP contribution < -0.4 is 5.32 Å². The normalized spacial score (nSPS) is 14.9. The predicted octanol–water partition coefficient (Wildman–Crippen LogP) is -0.0242. The van der Waals surface area contributed by atoms with E-state index in [2.05, 4.69) is 10.1 Å². The number of rotatable bonds is 4. The zero-order valence-electron chi connectivity index (χ0n) is 10.1. The highest BCUT2D eigenvalue weighted by molar-refractivity contribution is 5.95. The molecule has 0 spiro atoms. The molecule has 3 amide bonds. The lowest BCUT2D eigenvalue weighted by atomic mass is 10.1. The van der Waals surface area contributed by atoms with E-state index in [1.165, 1.54) is 4.90 Å². The minimum atomic E-state index is -1.16. The fourth-order valence-electron chi connectivity index (χ4n) is 1.55. The second-order valence-corrected chi connectivity index (χ2v) is 4.00. The molecule has 0 aromatic carbocycles. The molecule has 1 aliphatic heterocycles. The summed E-state index contributed by atoms with van der Waals surface area (Å²) in [4.78, 5) is 34.6. The number of ether oxygens (including phenoxy) is 1. The number of carbonyl (C=O) groups excluding carboxylic acids is 2. The highest BCUT2D eigenvalue weighted by Gasteiger charge is 2.18. The van der Waals surface area contributed by atoms with Crippen molar-refractivity contribution < 1.29 is 24.2 Å². The maximum Gasteiger partial charge on any atom is 0.329 e. The lowest BCUT2D eigenvalue weighted by Gasteiger charge is -2.25. The third-order valence-electron chi connectivity index (χ3n) is 2.32. The van der Waals surface area contributed by atoms with Crippen LogP contribution in [0.4, 0.5) is 4.79 Å². The van der Waals surface area contributed by atoms with Gasteiger partial charge in [0.2, 0.25) is 0 Å². The van der Waals surface area contributed by atoms with E-state index in [4.69, 9.17) is 5.11 Å². The van der Waals surface area contributed by atoms with E-state index in [9.17, 15) is 14.4 Å². The summed E-state index contributed by atoms with van der Waals surface area (Å²) in [5.41, 5.74) is 1.07. The van der Waals surface area contributed by atoms with Crippen LogP contribution in [0, 0.1) is 0 Å². The summed E-state index contributed by atoms with van der Waals surface area (Å²) >= 11 is 0. The fraction of sp³-hybridized carbons (Fsp3) is 0.545. The van der Waals surface area contributed by atoms with Gasteiger partial charge in [0.05, 0.1) is 0 Å². The van der Waals surface area contributed by atoms with E-state index in [0.717, 1.165) is 12.0 Å². The van der Waals surface area contributed by atoms with E-state index < -0.39 is 31.1 Å². The molecule has 7 nitrogen and oxygen atoms in total. The van der Waals surface area contributed by atoms with Crippen LogP contribution in [0.1, 0.15) is 13.3 Å². The summed E-state index contributed by atoms with van der Waals surface area (Å²) in [6.07, 6.45) is 2.81. The first-order chi connectivity index (χ1) is 8.49. The van der Waals surface area contributed by atoms with Gasteiger partial charge in [-0.2, -0.15) is 0 Å². The van der Waals surface area contributed by atoms with E-state index >= 15 is 0 Å². The van der Waals surface area contributed by atoms with E-state index in [1.807, 2.05) is 13.0 Å². The summed E-state index contributed by atoms with van der Waals surface area (Å²) in [6, 6.07) is -0.480. The summed E-state index contributed by atoms with van der Waals surface area (Å²) in [7, 11) is 0. The number of carboxylic acids is 1. The van der Waals surface area contributed by atoms with Crippen LogP contribution in [0.5, 0.6) is 0 Å². The van der Waals surface area contributed by atoms with Crippen molar-refractivity contribution in [3.05, 3.63) is 11.6 Å². The first-order valence-corrected chi connectivity index (χ1v) is 5.53. The molecule has 1 heterocycles. The zero-order chi connectivity index (χ0) is 13.5. The molecule has 0 saturated carbocycles. The lowest BCUT2D eigenvalue weighted by Crippen LogP contribution is -2.46. The Morgan fingerprint density at radius 3 is 2.78 bits per heavy atom. The number of carbonyl (C=O) groups is 3. The molecule has 7 heteroatoms. The Labute approximate surface area is 104 Å². The van der Waals surface area contributed by atoms with Crippen molar-refractivity contribution in [2.24, 2.45) is 0 Å². The Bertz CT molecular complexity index is 378. The molecular formula is C11H16N2O5. The standard InChI is InChI=1S/C11H16N2O5/c1-8-3-2-4-13(5-8)11(17)12-9(14)6-18-7-10(15)16/h3H,2,4-7H2,1H3,(H,15,16)(H,12,14,17). The molecule has 0 aliphatic carbocycles. The van der Waals surface area contributed by atoms with E-state index in [1.54, 1.807) is 0 Å². The van der Waals surface area contributed by atoms with Crippen LogP contribution in [0.2, 0.25) is 0 Å². The molecule has 1 aliphatic rings. The van der Waals surface area contributed by atoms with Gasteiger partial charge in [-0.25, -0.2) is 9.59 Å². The molecule has 2 N–H and O–H groups in total. The Kier molecular flexibility index (Phi) is 5.31. The molecule has 0 saturated heterocycles. The van der Waals surface area contributed by atoms with Gasteiger partial charge in [-0.05, 0) is 13.3 Å². The summed E-state index contributed by atoms with van der Waals surface area (Å²) < 4.78 is 4.57. The van der Waals surface area contributed by atoms with E-state index in [-0.39, 0.29) is 0 Å². The largest absolute Gasteiger partial charge is 0.480 e. The Balaban J connectivity index is 2.29. The molecule has 18 heavy (non-hydrogen) atoms. The first kappa shape index (κ1) is 14.2. The van der Waals surface area contributed by atoms with Crippen LogP contribution in [0.3, 0.4) is 0 Å². The molecule has 1 rings (SSSR count). The summed E-state index contributed by atoms with van der Waals surface area (Å²) in [6.45, 7) is 1.96. The van der Waals surface area contributed by atoms with Crippen molar-refractivity contribution in [2.75, 3.05) is 26.3 Å². The van der Waals surface area contributed by atoms with Crippen molar-refractivity contribution in [2.45, 2.75) is 13.3 Å². The maximum absolute atomic E-state index is 11.6. The first-order valence-electron chi connectivity index (χ1n) is 5.53. The smallest absolute Gasteiger partial charge is 0.329 e. The highest BCUT2D eigenvalue weighted by atomic mass is 16.5. The van der Waals surface area contributed by atoms with Gasteiger partial charge in [0.1, 0.15) is 13.2 Å². The third-order valence-corrected chi connectivity index (χ3v) is 2.32. The van der Waals surface area contributed by atoms with Gasteiger partial charge in [0, 0.05) is 13.1 Å². The van der Waals surface area contributed by atoms with Crippen LogP contribution >= 0.6 is 0 Å². The van der Waals surface area contributed by atoms with Crippen molar-refractivity contribution in [1.29, 1.82) is 0 Å². The van der Waals surface area contributed by atoms with Crippen LogP contribution in [0.15, 0.2) is 11.6 Å². The number of aliphatic carboxylic acids is 1. The van der Waals surface area contributed by atoms with Crippen LogP contribution in [-0.4, -0.2) is 54.2 Å². The minimum Gasteiger partial charge on any atom is -0.480 e. The topological polar surface area (TPSA) is 95.9 Å². The van der Waals surface area contributed by atoms with Gasteiger partial charge < -0.3 is 14.7 Å². The quantitative estimate of drug-likeness (QED) is 0.689. The number of nitrogens with one attached hydrogen (secondary N) is 1. The molecule has 0 bridgehead atoms. The Morgan fingerprint density at radius 2 is 2.17 bits per heavy atom. The molecule has 0 atom stereocenters. The highest BCUT2D eigenvalue weighted by Crippen LogP contribution is 2.08. The number of urea groups is 1. The van der Waals surface area contributed by atoms with Crippen LogP contribution in [-0.2, 0) is 14.3 Å². The zero-order valence-corrected chi connectivity index (χ0v) is 10.1. The molecular weight excluding hydrogens is 240 g/mol. The molecule has 100 valence electrons. The van der Waals surface area contributed by atoms with Gasteiger partial charge in [0.15, 0.2) is 0 Å². The van der Waals surface area contributed by atoms with Crippen molar-refractivity contribution in [3.63, 3.8) is 0 Å². The molecule has 0 aromatic rings. The predicted molar refractivity (Wildman–Crippen MR) is 61.9 cm³/mol. The van der Waals surface area contributed by atoms with Crippen molar-refractivity contribution in [1.82, 2.24) is 10.2 Å². The molecule has 0 aromatic heterocycles. The maximum atomic E-state index is 11.6.